The van der Waals surface area contributed by atoms with Gasteiger partial charge in [-0.2, -0.15) is 0 Å². The van der Waals surface area contributed by atoms with Crippen LogP contribution in [-0.2, 0) is 20.9 Å². The number of benzene rings is 1. The molecule has 2 atom stereocenters. The van der Waals surface area contributed by atoms with Gasteiger partial charge in [-0.1, -0.05) is 29.8 Å². The molecule has 0 saturated carbocycles. The highest BCUT2D eigenvalue weighted by molar-refractivity contribution is 5.86. The van der Waals surface area contributed by atoms with Gasteiger partial charge in [-0.3, -0.25) is 9.59 Å². The van der Waals surface area contributed by atoms with Crippen molar-refractivity contribution in [3.8, 4) is 0 Å². The Hall–Kier alpha value is -2.37. The van der Waals surface area contributed by atoms with E-state index in [4.69, 9.17) is 0 Å². The molecule has 0 radical (unpaired) electrons. The molecule has 1 N–H and O–H groups in total. The lowest BCUT2D eigenvalue weighted by atomic mass is 10.1. The van der Waals surface area contributed by atoms with Crippen LogP contribution in [0.4, 0.5) is 0 Å². The van der Waals surface area contributed by atoms with Crippen LogP contribution in [0.5, 0.6) is 0 Å². The van der Waals surface area contributed by atoms with E-state index in [9.17, 15) is 19.5 Å². The molecule has 2 unspecified atom stereocenters. The van der Waals surface area contributed by atoms with E-state index in [2.05, 4.69) is 0 Å². The number of hydrogen-bond donors (Lipinski definition) is 1. The van der Waals surface area contributed by atoms with Crippen LogP contribution < -0.4 is 0 Å². The molecule has 2 fully saturated rings. The molecular weight excluding hydrogens is 320 g/mol. The zero-order chi connectivity index (χ0) is 18.0. The summed E-state index contributed by atoms with van der Waals surface area (Å²) in [6.07, 6.45) is 2.55. The van der Waals surface area contributed by atoms with Gasteiger partial charge in [0.1, 0.15) is 6.04 Å². The number of amides is 2. The highest BCUT2D eigenvalue weighted by atomic mass is 16.4. The minimum Gasteiger partial charge on any atom is -0.480 e. The second-order valence-corrected chi connectivity index (χ2v) is 6.99. The van der Waals surface area contributed by atoms with Crippen LogP contribution in [0.3, 0.4) is 0 Å². The maximum absolute atomic E-state index is 12.6. The van der Waals surface area contributed by atoms with Crippen LogP contribution in [0.1, 0.15) is 43.2 Å². The molecule has 2 aliphatic rings. The van der Waals surface area contributed by atoms with E-state index in [0.717, 1.165) is 17.5 Å². The summed E-state index contributed by atoms with van der Waals surface area (Å²) in [7, 11) is 0. The molecular formula is C19H24N2O4. The van der Waals surface area contributed by atoms with Gasteiger partial charge < -0.3 is 14.9 Å². The molecule has 2 saturated heterocycles. The standard InChI is InChI=1S/C19H24N2O4/c1-13-4-6-14(7-5-13)12-21-15(8-9-17(21)22)11-18(23)20-10-2-3-16(20)19(24)25/h4-7,15-16H,2-3,8-12H2,1H3,(H,24,25). The fourth-order valence-corrected chi connectivity index (χ4v) is 3.75. The predicted octanol–water partition coefficient (Wildman–Crippen LogP) is 1.95. The number of carboxylic acid groups (broad SMARTS) is 1. The normalized spacial score (nSPS) is 23.3. The number of hydrogen-bond acceptors (Lipinski definition) is 3. The van der Waals surface area contributed by atoms with E-state index in [1.165, 1.54) is 4.90 Å². The molecule has 6 nitrogen and oxygen atoms in total. The van der Waals surface area contributed by atoms with Crippen molar-refractivity contribution in [3.05, 3.63) is 35.4 Å². The lowest BCUT2D eigenvalue weighted by molar-refractivity contribution is -0.148. The second-order valence-electron chi connectivity index (χ2n) is 6.99. The number of carbonyl (C=O) groups is 3. The van der Waals surface area contributed by atoms with Gasteiger partial charge in [0.15, 0.2) is 0 Å². The van der Waals surface area contributed by atoms with E-state index < -0.39 is 12.0 Å². The summed E-state index contributed by atoms with van der Waals surface area (Å²) in [5.41, 5.74) is 2.21. The number of rotatable bonds is 5. The van der Waals surface area contributed by atoms with Gasteiger partial charge in [0, 0.05) is 32.0 Å². The van der Waals surface area contributed by atoms with Crippen molar-refractivity contribution in [3.63, 3.8) is 0 Å². The minimum atomic E-state index is -0.940. The fraction of sp³-hybridized carbons (Fsp3) is 0.526. The van der Waals surface area contributed by atoms with Crippen molar-refractivity contribution in [2.75, 3.05) is 6.54 Å². The Bertz CT molecular complexity index is 671. The van der Waals surface area contributed by atoms with Crippen molar-refractivity contribution in [1.29, 1.82) is 0 Å². The molecule has 0 spiro atoms. The summed E-state index contributed by atoms with van der Waals surface area (Å²) in [5, 5.41) is 9.25. The van der Waals surface area contributed by atoms with Crippen molar-refractivity contribution in [2.45, 2.75) is 57.7 Å². The Morgan fingerprint density at radius 2 is 1.92 bits per heavy atom. The van der Waals surface area contributed by atoms with Crippen LogP contribution in [-0.4, -0.2) is 51.3 Å². The number of carboxylic acids is 1. The minimum absolute atomic E-state index is 0.0644. The topological polar surface area (TPSA) is 77.9 Å². The smallest absolute Gasteiger partial charge is 0.326 e. The molecule has 1 aromatic carbocycles. The van der Waals surface area contributed by atoms with E-state index >= 15 is 0 Å². The highest BCUT2D eigenvalue weighted by Gasteiger charge is 2.38. The summed E-state index contributed by atoms with van der Waals surface area (Å²) >= 11 is 0. The second kappa shape index (κ2) is 7.25. The van der Waals surface area contributed by atoms with Crippen LogP contribution >= 0.6 is 0 Å². The van der Waals surface area contributed by atoms with Gasteiger partial charge in [-0.25, -0.2) is 4.79 Å². The SMILES string of the molecule is Cc1ccc(CN2C(=O)CCC2CC(=O)N2CCCC2C(=O)O)cc1. The number of carbonyl (C=O) groups excluding carboxylic acids is 2. The molecule has 3 rings (SSSR count). The Kier molecular flexibility index (Phi) is 5.06. The number of aliphatic carboxylic acids is 1. The Labute approximate surface area is 147 Å². The van der Waals surface area contributed by atoms with Crippen molar-refractivity contribution >= 4 is 17.8 Å². The van der Waals surface area contributed by atoms with Crippen molar-refractivity contribution < 1.29 is 19.5 Å². The average molecular weight is 344 g/mol. The molecule has 134 valence electrons. The van der Waals surface area contributed by atoms with E-state index in [1.54, 1.807) is 4.90 Å². The van der Waals surface area contributed by atoms with Gasteiger partial charge in [-0.05, 0) is 31.7 Å². The third kappa shape index (κ3) is 3.83. The predicted molar refractivity (Wildman–Crippen MR) is 91.7 cm³/mol. The molecule has 0 aromatic heterocycles. The highest BCUT2D eigenvalue weighted by Crippen LogP contribution is 2.26. The first-order valence-corrected chi connectivity index (χ1v) is 8.83. The molecule has 6 heteroatoms. The molecule has 25 heavy (non-hydrogen) atoms. The summed E-state index contributed by atoms with van der Waals surface area (Å²) in [6, 6.07) is 7.17. The summed E-state index contributed by atoms with van der Waals surface area (Å²) in [4.78, 5) is 39.3. The molecule has 2 amide bonds. The Morgan fingerprint density at radius 1 is 1.20 bits per heavy atom. The summed E-state index contributed by atoms with van der Waals surface area (Å²) < 4.78 is 0. The first kappa shape index (κ1) is 17.5. The van der Waals surface area contributed by atoms with Crippen molar-refractivity contribution in [2.24, 2.45) is 0 Å². The average Bonchev–Trinajstić information content (AvgIpc) is 3.19. The van der Waals surface area contributed by atoms with Gasteiger partial charge in [0.2, 0.25) is 11.8 Å². The molecule has 0 aliphatic carbocycles. The molecule has 2 heterocycles. The summed E-state index contributed by atoms with van der Waals surface area (Å²) in [6.45, 7) is 3.01. The number of likely N-dealkylation sites (tertiary alicyclic amines) is 2. The van der Waals surface area contributed by atoms with Gasteiger partial charge in [0.25, 0.3) is 0 Å². The lowest BCUT2D eigenvalue weighted by Gasteiger charge is -2.28. The zero-order valence-corrected chi connectivity index (χ0v) is 14.5. The Balaban J connectivity index is 1.66. The van der Waals surface area contributed by atoms with Crippen LogP contribution in [0.25, 0.3) is 0 Å². The van der Waals surface area contributed by atoms with Gasteiger partial charge in [0.05, 0.1) is 0 Å². The largest absolute Gasteiger partial charge is 0.480 e. The fourth-order valence-electron chi connectivity index (χ4n) is 3.75. The van der Waals surface area contributed by atoms with Gasteiger partial charge in [-0.15, -0.1) is 0 Å². The first-order chi connectivity index (χ1) is 12.0. The maximum atomic E-state index is 12.6. The lowest BCUT2D eigenvalue weighted by Crippen LogP contribution is -2.43. The maximum Gasteiger partial charge on any atom is 0.326 e. The van der Waals surface area contributed by atoms with Crippen LogP contribution in [0.15, 0.2) is 24.3 Å². The van der Waals surface area contributed by atoms with Crippen LogP contribution in [0, 0.1) is 6.92 Å². The third-order valence-electron chi connectivity index (χ3n) is 5.19. The number of nitrogens with zero attached hydrogens (tertiary/aromatic N) is 2. The van der Waals surface area contributed by atoms with Gasteiger partial charge >= 0.3 is 5.97 Å². The quantitative estimate of drug-likeness (QED) is 0.886. The van der Waals surface area contributed by atoms with E-state index in [1.807, 2.05) is 31.2 Å². The zero-order valence-electron chi connectivity index (χ0n) is 14.5. The first-order valence-electron chi connectivity index (χ1n) is 8.83. The van der Waals surface area contributed by atoms with E-state index in [-0.39, 0.29) is 24.3 Å². The van der Waals surface area contributed by atoms with Crippen molar-refractivity contribution in [1.82, 2.24) is 9.80 Å². The Morgan fingerprint density at radius 3 is 2.60 bits per heavy atom. The summed E-state index contributed by atoms with van der Waals surface area (Å²) in [5.74, 6) is -1.03. The molecule has 1 aromatic rings. The number of aryl methyl sites for hydroxylation is 1. The van der Waals surface area contributed by atoms with Crippen LogP contribution in [0.2, 0.25) is 0 Å². The molecule has 0 bridgehead atoms. The third-order valence-corrected chi connectivity index (χ3v) is 5.19. The monoisotopic (exact) mass is 344 g/mol. The van der Waals surface area contributed by atoms with E-state index in [0.29, 0.717) is 32.4 Å². The molecule has 2 aliphatic heterocycles.